The molecule has 0 saturated carbocycles. The Bertz CT molecular complexity index is 1390. The van der Waals surface area contributed by atoms with Crippen LogP contribution in [0.1, 0.15) is 59.6 Å². The molecule has 1 unspecified atom stereocenters. The van der Waals surface area contributed by atoms with Gasteiger partial charge in [-0.1, -0.05) is 47.5 Å². The Morgan fingerprint density at radius 2 is 1.81 bits per heavy atom. The van der Waals surface area contributed by atoms with Crippen LogP contribution in [0.25, 0.3) is 10.9 Å². The van der Waals surface area contributed by atoms with Crippen molar-refractivity contribution in [3.05, 3.63) is 94.9 Å². The number of piperidine rings is 1. The van der Waals surface area contributed by atoms with Crippen molar-refractivity contribution in [3.63, 3.8) is 0 Å². The lowest BCUT2D eigenvalue weighted by atomic mass is 9.71. The van der Waals surface area contributed by atoms with Gasteiger partial charge in [-0.05, 0) is 70.4 Å². The third kappa shape index (κ3) is 4.53. The number of nitrogens with zero attached hydrogens (tertiary/aromatic N) is 4. The number of likely N-dealkylation sites (tertiary alicyclic amines) is 1. The molecule has 1 aliphatic rings. The van der Waals surface area contributed by atoms with E-state index in [9.17, 15) is 9.90 Å². The molecule has 6 heteroatoms. The summed E-state index contributed by atoms with van der Waals surface area (Å²) >= 11 is 0. The number of pyridine rings is 1. The standard InChI is InChI=1S/C30H34N4O2/c1-21-9-12-23(13-10-21)30(26-8-5-6-16-31-26)15-7-17-33(20-30)28(35)27-24-18-22(2)11-14-25(24)34(32-27)19-29(3,4)36/h5-6,8-14,16,18,36H,7,15,17,19-20H2,1-4H3. The molecule has 4 aromatic rings. The summed E-state index contributed by atoms with van der Waals surface area (Å²) in [6.07, 6.45) is 3.63. The molecule has 0 spiro atoms. The first-order valence-electron chi connectivity index (χ1n) is 12.6. The summed E-state index contributed by atoms with van der Waals surface area (Å²) in [5, 5.41) is 16.0. The van der Waals surface area contributed by atoms with Crippen LogP contribution in [-0.2, 0) is 12.0 Å². The first kappa shape index (κ1) is 24.2. The van der Waals surface area contributed by atoms with Crippen LogP contribution in [0.2, 0.25) is 0 Å². The summed E-state index contributed by atoms with van der Waals surface area (Å²) in [7, 11) is 0. The molecule has 2 aromatic heterocycles. The minimum Gasteiger partial charge on any atom is -0.389 e. The van der Waals surface area contributed by atoms with E-state index in [0.717, 1.165) is 35.0 Å². The summed E-state index contributed by atoms with van der Waals surface area (Å²) in [5.41, 5.74) is 4.41. The maximum Gasteiger partial charge on any atom is 0.275 e. The second kappa shape index (κ2) is 9.17. The molecule has 0 aliphatic carbocycles. The van der Waals surface area contributed by atoms with Crippen molar-refractivity contribution in [2.75, 3.05) is 13.1 Å². The number of hydrogen-bond acceptors (Lipinski definition) is 4. The molecule has 1 saturated heterocycles. The Morgan fingerprint density at radius 1 is 1.06 bits per heavy atom. The lowest BCUT2D eigenvalue weighted by molar-refractivity contribution is 0.0573. The van der Waals surface area contributed by atoms with E-state index in [1.807, 2.05) is 48.4 Å². The quantitative estimate of drug-likeness (QED) is 0.433. The number of aliphatic hydroxyl groups is 1. The van der Waals surface area contributed by atoms with Gasteiger partial charge in [0.2, 0.25) is 0 Å². The van der Waals surface area contributed by atoms with E-state index < -0.39 is 5.60 Å². The maximum absolute atomic E-state index is 14.1. The molecule has 1 aliphatic heterocycles. The lowest BCUT2D eigenvalue weighted by Gasteiger charge is -2.43. The van der Waals surface area contributed by atoms with Gasteiger partial charge >= 0.3 is 0 Å². The molecular weight excluding hydrogens is 448 g/mol. The smallest absolute Gasteiger partial charge is 0.275 e. The van der Waals surface area contributed by atoms with Gasteiger partial charge in [0.15, 0.2) is 5.69 Å². The van der Waals surface area contributed by atoms with Crippen molar-refractivity contribution in [3.8, 4) is 0 Å². The third-order valence-corrected chi connectivity index (χ3v) is 7.18. The summed E-state index contributed by atoms with van der Waals surface area (Å²) in [5.74, 6) is -0.0767. The van der Waals surface area contributed by atoms with Gasteiger partial charge in [0, 0.05) is 24.7 Å². The van der Waals surface area contributed by atoms with E-state index in [2.05, 4.69) is 37.3 Å². The van der Waals surface area contributed by atoms with E-state index in [1.165, 1.54) is 11.1 Å². The fourth-order valence-electron chi connectivity index (χ4n) is 5.43. The fourth-order valence-corrected chi connectivity index (χ4v) is 5.43. The van der Waals surface area contributed by atoms with Gasteiger partial charge in [-0.15, -0.1) is 0 Å². The summed E-state index contributed by atoms with van der Waals surface area (Å²) < 4.78 is 1.76. The monoisotopic (exact) mass is 482 g/mol. The molecular formula is C30H34N4O2. The molecule has 5 rings (SSSR count). The van der Waals surface area contributed by atoms with Crippen LogP contribution in [0.5, 0.6) is 0 Å². The van der Waals surface area contributed by atoms with E-state index in [0.29, 0.717) is 25.3 Å². The number of fused-ring (bicyclic) bond motifs is 1. The second-order valence-electron chi connectivity index (χ2n) is 10.8. The molecule has 1 fully saturated rings. The number of aryl methyl sites for hydroxylation is 2. The Morgan fingerprint density at radius 3 is 2.50 bits per heavy atom. The summed E-state index contributed by atoms with van der Waals surface area (Å²) in [6.45, 7) is 9.13. The van der Waals surface area contributed by atoms with Crippen LogP contribution < -0.4 is 0 Å². The average Bonchev–Trinajstić information content (AvgIpc) is 3.20. The highest BCUT2D eigenvalue weighted by molar-refractivity contribution is 6.05. The molecule has 0 radical (unpaired) electrons. The topological polar surface area (TPSA) is 71.2 Å². The van der Waals surface area contributed by atoms with Crippen LogP contribution >= 0.6 is 0 Å². The molecule has 1 atom stereocenters. The minimum atomic E-state index is -0.950. The van der Waals surface area contributed by atoms with Crippen LogP contribution in [0.3, 0.4) is 0 Å². The predicted molar refractivity (Wildman–Crippen MR) is 142 cm³/mol. The van der Waals surface area contributed by atoms with E-state index in [-0.39, 0.29) is 11.3 Å². The number of carbonyl (C=O) groups excluding carboxylic acids is 1. The zero-order valence-corrected chi connectivity index (χ0v) is 21.5. The normalized spacial score (nSPS) is 18.5. The lowest BCUT2D eigenvalue weighted by Crippen LogP contribution is -2.49. The van der Waals surface area contributed by atoms with Crippen molar-refractivity contribution < 1.29 is 9.90 Å². The van der Waals surface area contributed by atoms with Gasteiger partial charge in [0.1, 0.15) is 0 Å². The first-order valence-corrected chi connectivity index (χ1v) is 12.6. The highest BCUT2D eigenvalue weighted by Gasteiger charge is 2.42. The highest BCUT2D eigenvalue weighted by Crippen LogP contribution is 2.40. The van der Waals surface area contributed by atoms with Crippen molar-refractivity contribution in [1.29, 1.82) is 0 Å². The largest absolute Gasteiger partial charge is 0.389 e. The Labute approximate surface area is 212 Å². The zero-order chi connectivity index (χ0) is 25.5. The Hall–Kier alpha value is -3.51. The maximum atomic E-state index is 14.1. The fraction of sp³-hybridized carbons (Fsp3) is 0.367. The molecule has 3 heterocycles. The van der Waals surface area contributed by atoms with Gasteiger partial charge < -0.3 is 10.0 Å². The summed E-state index contributed by atoms with van der Waals surface area (Å²) in [4.78, 5) is 20.8. The van der Waals surface area contributed by atoms with Gasteiger partial charge in [-0.25, -0.2) is 0 Å². The zero-order valence-electron chi connectivity index (χ0n) is 21.5. The Balaban J connectivity index is 1.57. The first-order chi connectivity index (χ1) is 17.2. The summed E-state index contributed by atoms with van der Waals surface area (Å²) in [6, 6.07) is 20.7. The predicted octanol–water partition coefficient (Wildman–Crippen LogP) is 5.04. The van der Waals surface area contributed by atoms with Gasteiger partial charge in [-0.2, -0.15) is 5.10 Å². The minimum absolute atomic E-state index is 0.0767. The van der Waals surface area contributed by atoms with Crippen molar-refractivity contribution >= 4 is 16.8 Å². The number of carbonyl (C=O) groups is 1. The van der Waals surface area contributed by atoms with Crippen molar-refractivity contribution in [2.24, 2.45) is 0 Å². The van der Waals surface area contributed by atoms with Crippen molar-refractivity contribution in [2.45, 2.75) is 58.1 Å². The SMILES string of the molecule is Cc1ccc(C2(c3ccccn3)CCCN(C(=O)c3nn(CC(C)(C)O)c4ccc(C)cc34)C2)cc1. The van der Waals surface area contributed by atoms with E-state index in [1.54, 1.807) is 18.5 Å². The highest BCUT2D eigenvalue weighted by atomic mass is 16.3. The van der Waals surface area contributed by atoms with Gasteiger partial charge in [0.25, 0.3) is 5.91 Å². The third-order valence-electron chi connectivity index (χ3n) is 7.18. The van der Waals surface area contributed by atoms with Crippen LogP contribution in [0, 0.1) is 13.8 Å². The molecule has 0 bridgehead atoms. The number of rotatable bonds is 5. The molecule has 186 valence electrons. The van der Waals surface area contributed by atoms with Crippen LogP contribution in [-0.4, -0.2) is 49.4 Å². The second-order valence-corrected chi connectivity index (χ2v) is 10.8. The number of amides is 1. The molecule has 36 heavy (non-hydrogen) atoms. The molecule has 1 amide bonds. The number of aromatic nitrogens is 3. The van der Waals surface area contributed by atoms with Crippen LogP contribution in [0.15, 0.2) is 66.9 Å². The molecule has 2 aromatic carbocycles. The molecule has 6 nitrogen and oxygen atoms in total. The average molecular weight is 483 g/mol. The van der Waals surface area contributed by atoms with Crippen molar-refractivity contribution in [1.82, 2.24) is 19.7 Å². The number of hydrogen-bond donors (Lipinski definition) is 1. The van der Waals surface area contributed by atoms with E-state index in [4.69, 9.17) is 10.1 Å². The van der Waals surface area contributed by atoms with Gasteiger partial charge in [-0.3, -0.25) is 14.5 Å². The van der Waals surface area contributed by atoms with Crippen LogP contribution in [0.4, 0.5) is 0 Å². The van der Waals surface area contributed by atoms with Gasteiger partial charge in [0.05, 0.1) is 28.8 Å². The molecule has 1 N–H and O–H groups in total. The number of benzene rings is 2. The van der Waals surface area contributed by atoms with E-state index >= 15 is 0 Å². The Kier molecular flexibility index (Phi) is 6.17.